The average Bonchev–Trinajstić information content (AvgIpc) is 3.29. The smallest absolute Gasteiger partial charge is 0.354 e. The van der Waals surface area contributed by atoms with Crippen LogP contribution in [-0.2, 0) is 19.1 Å². The Morgan fingerprint density at radius 1 is 1.29 bits per heavy atom. The van der Waals surface area contributed by atoms with Gasteiger partial charge in [-0.2, -0.15) is 0 Å². The minimum Gasteiger partial charge on any atom is -0.872 e. The van der Waals surface area contributed by atoms with Crippen molar-refractivity contribution in [1.29, 1.82) is 0 Å². The third-order valence-corrected chi connectivity index (χ3v) is 6.65. The maximum absolute atomic E-state index is 14.2. The molecular formula is C25H28FN3O6. The first-order chi connectivity index (χ1) is 16.7. The number of nitrogens with zero attached hydrogens (tertiary/aromatic N) is 1. The minimum absolute atomic E-state index is 0.0980. The lowest BCUT2D eigenvalue weighted by atomic mass is 9.94. The number of nitrogens with one attached hydrogen (secondary N) is 2. The van der Waals surface area contributed by atoms with E-state index in [4.69, 9.17) is 9.47 Å². The number of Topliss-reactive ketones (excluding diaryl/α,β-unsaturated/α-hetero) is 1. The number of amides is 1. The molecule has 1 unspecified atom stereocenters. The number of methoxy groups -OCH3 is 1. The Hall–Kier alpha value is -3.50. The van der Waals surface area contributed by atoms with Crippen LogP contribution in [0.3, 0.4) is 0 Å². The molecule has 4 rings (SSSR count). The number of aromatic nitrogens is 1. The number of H-pyrrole nitrogens is 1. The van der Waals surface area contributed by atoms with Crippen molar-refractivity contribution in [2.45, 2.75) is 19.9 Å². The van der Waals surface area contributed by atoms with E-state index in [9.17, 15) is 23.9 Å². The van der Waals surface area contributed by atoms with E-state index in [0.29, 0.717) is 36.6 Å². The molecule has 1 aromatic heterocycles. The second kappa shape index (κ2) is 10.0. The number of halogens is 1. The van der Waals surface area contributed by atoms with Gasteiger partial charge < -0.3 is 29.4 Å². The van der Waals surface area contributed by atoms with Gasteiger partial charge in [0, 0.05) is 11.3 Å². The molecule has 10 heteroatoms. The van der Waals surface area contributed by atoms with Crippen molar-refractivity contribution in [1.82, 2.24) is 9.88 Å². The lowest BCUT2D eigenvalue weighted by Crippen LogP contribution is -3.14. The fraction of sp³-hybridized carbons (Fsp3) is 0.400. The summed E-state index contributed by atoms with van der Waals surface area (Å²) in [7, 11) is 1.22. The fourth-order valence-electron chi connectivity index (χ4n) is 4.84. The molecule has 2 N–H and O–H groups in total. The molecule has 2 aliphatic heterocycles. The highest BCUT2D eigenvalue weighted by atomic mass is 19.1. The van der Waals surface area contributed by atoms with Crippen LogP contribution in [0.25, 0.3) is 5.76 Å². The predicted octanol–water partition coefficient (Wildman–Crippen LogP) is -0.304. The Labute approximate surface area is 202 Å². The van der Waals surface area contributed by atoms with Crippen molar-refractivity contribution in [2.24, 2.45) is 0 Å². The van der Waals surface area contributed by atoms with Gasteiger partial charge in [-0.05, 0) is 42.7 Å². The molecule has 2 aliphatic rings. The highest BCUT2D eigenvalue weighted by molar-refractivity contribution is 6.46. The van der Waals surface area contributed by atoms with Crippen LogP contribution < -0.4 is 10.0 Å². The van der Waals surface area contributed by atoms with E-state index in [1.54, 1.807) is 19.9 Å². The monoisotopic (exact) mass is 485 g/mol. The zero-order valence-corrected chi connectivity index (χ0v) is 19.9. The van der Waals surface area contributed by atoms with Crippen LogP contribution in [0, 0.1) is 19.7 Å². The number of ether oxygens (including phenoxy) is 2. The molecule has 2 aromatic rings. The van der Waals surface area contributed by atoms with E-state index in [1.165, 1.54) is 35.1 Å². The molecule has 2 fully saturated rings. The van der Waals surface area contributed by atoms with E-state index < -0.39 is 35.3 Å². The summed E-state index contributed by atoms with van der Waals surface area (Å²) in [6.45, 7) is 6.72. The number of benzene rings is 1. The molecular weight excluding hydrogens is 457 g/mol. The maximum Gasteiger partial charge on any atom is 0.354 e. The van der Waals surface area contributed by atoms with Crippen molar-refractivity contribution >= 4 is 23.4 Å². The van der Waals surface area contributed by atoms with Crippen molar-refractivity contribution in [3.05, 3.63) is 63.7 Å². The Morgan fingerprint density at radius 2 is 2.00 bits per heavy atom. The van der Waals surface area contributed by atoms with Gasteiger partial charge >= 0.3 is 5.97 Å². The number of rotatable bonds is 6. The zero-order valence-electron chi connectivity index (χ0n) is 19.9. The molecule has 186 valence electrons. The average molecular weight is 486 g/mol. The van der Waals surface area contributed by atoms with Crippen LogP contribution in [0.2, 0.25) is 0 Å². The van der Waals surface area contributed by atoms with Crippen LogP contribution >= 0.6 is 0 Å². The van der Waals surface area contributed by atoms with Gasteiger partial charge in [-0.1, -0.05) is 17.9 Å². The Balaban J connectivity index is 1.80. The third kappa shape index (κ3) is 4.59. The molecule has 9 nitrogen and oxygen atoms in total. The van der Waals surface area contributed by atoms with Gasteiger partial charge in [0.15, 0.2) is 0 Å². The molecule has 2 saturated heterocycles. The molecule has 1 amide bonds. The number of hydrogen-bond acceptors (Lipinski definition) is 6. The maximum atomic E-state index is 14.2. The van der Waals surface area contributed by atoms with E-state index in [-0.39, 0.29) is 23.4 Å². The number of esters is 1. The molecule has 0 aliphatic carbocycles. The van der Waals surface area contributed by atoms with Crippen LogP contribution in [0.5, 0.6) is 0 Å². The van der Waals surface area contributed by atoms with E-state index in [0.717, 1.165) is 13.1 Å². The quantitative estimate of drug-likeness (QED) is 0.251. The molecule has 3 heterocycles. The summed E-state index contributed by atoms with van der Waals surface area (Å²) in [4.78, 5) is 43.8. The summed E-state index contributed by atoms with van der Waals surface area (Å²) in [6.07, 6.45) is 0. The number of morpholine rings is 1. The van der Waals surface area contributed by atoms with Crippen LogP contribution in [0.1, 0.15) is 38.9 Å². The fourth-order valence-corrected chi connectivity index (χ4v) is 4.84. The molecule has 0 saturated carbocycles. The number of carbonyl (C=O) groups is 3. The second-order valence-electron chi connectivity index (χ2n) is 8.76. The van der Waals surface area contributed by atoms with Gasteiger partial charge in [0.05, 0.1) is 39.5 Å². The van der Waals surface area contributed by atoms with Crippen molar-refractivity contribution in [3.8, 4) is 0 Å². The Morgan fingerprint density at radius 3 is 2.66 bits per heavy atom. The summed E-state index contributed by atoms with van der Waals surface area (Å²) in [5, 5.41) is 13.8. The number of aryl methyl sites for hydroxylation is 1. The first kappa shape index (κ1) is 24.6. The third-order valence-electron chi connectivity index (χ3n) is 6.65. The summed E-state index contributed by atoms with van der Waals surface area (Å²) in [5.74, 6) is -3.57. The lowest BCUT2D eigenvalue weighted by molar-refractivity contribution is -0.907. The first-order valence-corrected chi connectivity index (χ1v) is 11.5. The normalized spacial score (nSPS) is 20.5. The summed E-state index contributed by atoms with van der Waals surface area (Å²) >= 11 is 0. The minimum atomic E-state index is -1.03. The number of ketones is 1. The number of quaternary nitrogens is 1. The summed E-state index contributed by atoms with van der Waals surface area (Å²) < 4.78 is 24.3. The van der Waals surface area contributed by atoms with Crippen LogP contribution in [-0.4, -0.2) is 74.0 Å². The second-order valence-corrected chi connectivity index (χ2v) is 8.76. The van der Waals surface area contributed by atoms with Gasteiger partial charge in [0.1, 0.15) is 24.6 Å². The number of hydrogen-bond donors (Lipinski definition) is 2. The molecule has 0 radical (unpaired) electrons. The van der Waals surface area contributed by atoms with Gasteiger partial charge in [-0.3, -0.25) is 9.59 Å². The number of likely N-dealkylation sites (tertiary alicyclic amines) is 1. The highest BCUT2D eigenvalue weighted by Crippen LogP contribution is 2.39. The highest BCUT2D eigenvalue weighted by Gasteiger charge is 2.45. The molecule has 0 bridgehead atoms. The molecule has 35 heavy (non-hydrogen) atoms. The largest absolute Gasteiger partial charge is 0.872 e. The topological polar surface area (TPSA) is 116 Å². The van der Waals surface area contributed by atoms with Crippen LogP contribution in [0.4, 0.5) is 4.39 Å². The molecule has 1 aromatic carbocycles. The standard InChI is InChI=1S/C25H28FN3O6/c1-14-18(15(2)27-20(14)25(33)34-3)22(30)19-21(16-5-4-6-17(26)13-16)29(24(32)23(19)31)8-7-28-9-11-35-12-10-28/h4-6,13,21,27,30H,7-12H2,1-3H3. The van der Waals surface area contributed by atoms with Gasteiger partial charge in [-0.25, -0.2) is 9.18 Å². The van der Waals surface area contributed by atoms with E-state index in [2.05, 4.69) is 4.98 Å². The molecule has 1 atom stereocenters. The zero-order chi connectivity index (χ0) is 25.3. The Bertz CT molecular complexity index is 1200. The van der Waals surface area contributed by atoms with Crippen LogP contribution in [0.15, 0.2) is 29.8 Å². The summed E-state index contributed by atoms with van der Waals surface area (Å²) in [5.41, 5.74) is 1.00. The van der Waals surface area contributed by atoms with Gasteiger partial charge in [-0.15, -0.1) is 0 Å². The van der Waals surface area contributed by atoms with Gasteiger partial charge in [0.25, 0.3) is 5.91 Å². The van der Waals surface area contributed by atoms with Crippen molar-refractivity contribution in [3.63, 3.8) is 0 Å². The SMILES string of the molecule is COC(=O)c1[nH]c(C)c(C([O-])=C2C(=O)C(=O)N(CC[NH+]3CCOCC3)C2c2cccc(F)c2)c1C. The van der Waals surface area contributed by atoms with E-state index >= 15 is 0 Å². The van der Waals surface area contributed by atoms with E-state index in [1.807, 2.05) is 0 Å². The van der Waals surface area contributed by atoms with Crippen molar-refractivity contribution in [2.75, 3.05) is 46.5 Å². The first-order valence-electron chi connectivity index (χ1n) is 11.5. The van der Waals surface area contributed by atoms with Gasteiger partial charge in [0.2, 0.25) is 5.78 Å². The lowest BCUT2D eigenvalue weighted by Gasteiger charge is -2.30. The summed E-state index contributed by atoms with van der Waals surface area (Å²) in [6, 6.07) is 4.53. The number of carbonyl (C=O) groups excluding carboxylic acids is 3. The number of aromatic amines is 1. The predicted molar refractivity (Wildman–Crippen MR) is 121 cm³/mol. The van der Waals surface area contributed by atoms with Crippen molar-refractivity contribution < 1.29 is 38.3 Å². The Kier molecular flexibility index (Phi) is 7.04. The molecule has 0 spiro atoms.